The first kappa shape index (κ1) is 18.9. The molecule has 0 amide bonds. The van der Waals surface area contributed by atoms with Gasteiger partial charge in [0.15, 0.2) is 0 Å². The number of ether oxygens (including phenoxy) is 1. The molecule has 0 radical (unpaired) electrons. The Hall–Kier alpha value is -2.85. The molecule has 140 valence electrons. The minimum absolute atomic E-state index is 0.0533. The number of carbonyl (C=O) groups is 1. The van der Waals surface area contributed by atoms with Crippen LogP contribution in [-0.2, 0) is 21.2 Å². The predicted molar refractivity (Wildman–Crippen MR) is 101 cm³/mol. The third-order valence-electron chi connectivity index (χ3n) is 4.44. The van der Waals surface area contributed by atoms with Crippen LogP contribution in [0.4, 0.5) is 5.69 Å². The van der Waals surface area contributed by atoms with Crippen molar-refractivity contribution in [1.29, 1.82) is 5.26 Å². The number of anilines is 1. The summed E-state index contributed by atoms with van der Waals surface area (Å²) in [5.41, 5.74) is 1.84. The molecule has 1 atom stereocenters. The largest absolute Gasteiger partial charge is 0.462 e. The van der Waals surface area contributed by atoms with E-state index in [2.05, 4.69) is 0 Å². The molecule has 3 rings (SSSR count). The molecule has 2 aromatic rings. The third kappa shape index (κ3) is 3.81. The maximum atomic E-state index is 13.2. The minimum atomic E-state index is -3.80. The highest BCUT2D eigenvalue weighted by Crippen LogP contribution is 2.36. The smallest absolute Gasteiger partial charge is 0.338 e. The van der Waals surface area contributed by atoms with Crippen LogP contribution in [-0.4, -0.2) is 27.0 Å². The van der Waals surface area contributed by atoms with Crippen LogP contribution in [0.3, 0.4) is 0 Å². The highest BCUT2D eigenvalue weighted by atomic mass is 32.2. The molecular formula is C20H20N2O4S. The van der Waals surface area contributed by atoms with Crippen molar-refractivity contribution in [2.75, 3.05) is 10.9 Å². The highest BCUT2D eigenvalue weighted by Gasteiger charge is 2.36. The van der Waals surface area contributed by atoms with E-state index in [9.17, 15) is 13.2 Å². The summed E-state index contributed by atoms with van der Waals surface area (Å²) in [6, 6.07) is 15.1. The number of fused-ring (bicyclic) bond motifs is 1. The predicted octanol–water partition coefficient (Wildman–Crippen LogP) is 3.29. The lowest BCUT2D eigenvalue weighted by Crippen LogP contribution is -2.35. The van der Waals surface area contributed by atoms with Crippen molar-refractivity contribution in [2.24, 2.45) is 0 Å². The van der Waals surface area contributed by atoms with Crippen molar-refractivity contribution in [1.82, 2.24) is 0 Å². The third-order valence-corrected chi connectivity index (χ3v) is 6.36. The molecule has 6 nitrogen and oxygen atoms in total. The Balaban J connectivity index is 1.86. The van der Waals surface area contributed by atoms with Crippen LogP contribution in [0.5, 0.6) is 0 Å². The Kier molecular flexibility index (Phi) is 5.47. The van der Waals surface area contributed by atoms with Gasteiger partial charge in [0.25, 0.3) is 10.0 Å². The fourth-order valence-electron chi connectivity index (χ4n) is 3.20. The van der Waals surface area contributed by atoms with Crippen molar-refractivity contribution < 1.29 is 17.9 Å². The molecule has 1 heterocycles. The van der Waals surface area contributed by atoms with Crippen LogP contribution >= 0.6 is 0 Å². The number of esters is 1. The van der Waals surface area contributed by atoms with E-state index in [1.807, 2.05) is 31.2 Å². The lowest BCUT2D eigenvalue weighted by Gasteiger charge is -2.24. The van der Waals surface area contributed by atoms with Gasteiger partial charge in [0.1, 0.15) is 0 Å². The van der Waals surface area contributed by atoms with E-state index >= 15 is 0 Å². The second kappa shape index (κ2) is 7.80. The summed E-state index contributed by atoms with van der Waals surface area (Å²) in [5.74, 6) is -0.597. The summed E-state index contributed by atoms with van der Waals surface area (Å²) in [6.07, 6.45) is 1.40. The summed E-state index contributed by atoms with van der Waals surface area (Å²) in [4.78, 5) is 12.2. The zero-order valence-electron chi connectivity index (χ0n) is 15.0. The molecule has 2 aromatic carbocycles. The lowest BCUT2D eigenvalue weighted by molar-refractivity contribution is 0.0501. The molecule has 1 aliphatic rings. The fraction of sp³-hybridized carbons (Fsp3) is 0.300. The Bertz CT molecular complexity index is 995. The second-order valence-electron chi connectivity index (χ2n) is 6.41. The SMILES string of the molecule is CC1Cc2ccccc2N1S(=O)(=O)c1cccc(C(=O)OCCCC#N)c1. The summed E-state index contributed by atoms with van der Waals surface area (Å²) in [7, 11) is -3.80. The van der Waals surface area contributed by atoms with E-state index in [1.54, 1.807) is 6.07 Å². The average molecular weight is 384 g/mol. The van der Waals surface area contributed by atoms with Gasteiger partial charge >= 0.3 is 5.97 Å². The quantitative estimate of drug-likeness (QED) is 0.563. The maximum absolute atomic E-state index is 13.2. The first-order chi connectivity index (χ1) is 12.9. The van der Waals surface area contributed by atoms with Gasteiger partial charge in [-0.2, -0.15) is 5.26 Å². The Labute approximate surface area is 159 Å². The molecule has 0 N–H and O–H groups in total. The van der Waals surface area contributed by atoms with Crippen molar-refractivity contribution in [3.8, 4) is 6.07 Å². The molecule has 0 aliphatic carbocycles. The number of benzene rings is 2. The summed E-state index contributed by atoms with van der Waals surface area (Å²) in [5, 5.41) is 8.51. The molecule has 0 spiro atoms. The number of unbranched alkanes of at least 4 members (excludes halogenated alkanes) is 1. The van der Waals surface area contributed by atoms with Crippen molar-refractivity contribution in [3.05, 3.63) is 59.7 Å². The first-order valence-electron chi connectivity index (χ1n) is 8.71. The van der Waals surface area contributed by atoms with Gasteiger partial charge in [0.05, 0.1) is 28.8 Å². The Morgan fingerprint density at radius 1 is 1.26 bits per heavy atom. The fourth-order valence-corrected chi connectivity index (χ4v) is 4.94. The standard InChI is InChI=1S/C20H20N2O4S/c1-15-13-16-7-2-3-10-19(16)22(15)27(24,25)18-9-6-8-17(14-18)20(23)26-12-5-4-11-21/h2-3,6-10,14-15H,4-5,12-13H2,1H3. The molecule has 0 fully saturated rings. The van der Waals surface area contributed by atoms with Crippen LogP contribution in [0.15, 0.2) is 53.4 Å². The van der Waals surface area contributed by atoms with Gasteiger partial charge in [-0.05, 0) is 49.6 Å². The first-order valence-corrected chi connectivity index (χ1v) is 10.2. The molecule has 27 heavy (non-hydrogen) atoms. The number of hydrogen-bond donors (Lipinski definition) is 0. The van der Waals surface area contributed by atoms with E-state index in [1.165, 1.54) is 28.6 Å². The van der Waals surface area contributed by atoms with Crippen LogP contribution in [0, 0.1) is 11.3 Å². The van der Waals surface area contributed by atoms with Crippen LogP contribution < -0.4 is 4.31 Å². The summed E-state index contributed by atoms with van der Waals surface area (Å²) < 4.78 is 33.0. The number of hydrogen-bond acceptors (Lipinski definition) is 5. The number of para-hydroxylation sites is 1. The molecule has 0 aromatic heterocycles. The molecular weight excluding hydrogens is 364 g/mol. The van der Waals surface area contributed by atoms with Crippen molar-refractivity contribution in [2.45, 2.75) is 37.1 Å². The van der Waals surface area contributed by atoms with Gasteiger partial charge < -0.3 is 4.74 Å². The van der Waals surface area contributed by atoms with E-state index < -0.39 is 16.0 Å². The van der Waals surface area contributed by atoms with Gasteiger partial charge in [0.2, 0.25) is 0 Å². The molecule has 0 saturated carbocycles. The molecule has 7 heteroatoms. The van der Waals surface area contributed by atoms with Gasteiger partial charge in [-0.3, -0.25) is 4.31 Å². The van der Waals surface area contributed by atoms with Crippen LogP contribution in [0.1, 0.15) is 35.7 Å². The number of carbonyl (C=O) groups excluding carboxylic acids is 1. The number of nitrogens with zero attached hydrogens (tertiary/aromatic N) is 2. The Morgan fingerprint density at radius 2 is 2.04 bits per heavy atom. The second-order valence-corrected chi connectivity index (χ2v) is 8.22. The normalized spacial score (nSPS) is 15.9. The molecule has 0 bridgehead atoms. The van der Waals surface area contributed by atoms with Crippen LogP contribution in [0.2, 0.25) is 0 Å². The Morgan fingerprint density at radius 3 is 2.81 bits per heavy atom. The van der Waals surface area contributed by atoms with Gasteiger partial charge in [-0.25, -0.2) is 13.2 Å². The molecule has 1 aliphatic heterocycles. The monoisotopic (exact) mass is 384 g/mol. The molecule has 1 unspecified atom stereocenters. The van der Waals surface area contributed by atoms with E-state index in [4.69, 9.17) is 10.00 Å². The summed E-state index contributed by atoms with van der Waals surface area (Å²) in [6.45, 7) is 1.99. The van der Waals surface area contributed by atoms with Gasteiger partial charge in [0, 0.05) is 12.5 Å². The zero-order valence-corrected chi connectivity index (χ0v) is 15.8. The maximum Gasteiger partial charge on any atom is 0.338 e. The van der Waals surface area contributed by atoms with Crippen molar-refractivity contribution in [3.63, 3.8) is 0 Å². The highest BCUT2D eigenvalue weighted by molar-refractivity contribution is 7.92. The van der Waals surface area contributed by atoms with E-state index in [0.717, 1.165) is 5.56 Å². The average Bonchev–Trinajstić information content (AvgIpc) is 3.01. The van der Waals surface area contributed by atoms with E-state index in [-0.39, 0.29) is 23.1 Å². The number of sulfonamides is 1. The topological polar surface area (TPSA) is 87.5 Å². The minimum Gasteiger partial charge on any atom is -0.462 e. The summed E-state index contributed by atoms with van der Waals surface area (Å²) >= 11 is 0. The number of rotatable bonds is 6. The zero-order chi connectivity index (χ0) is 19.4. The van der Waals surface area contributed by atoms with E-state index in [0.29, 0.717) is 24.9 Å². The van der Waals surface area contributed by atoms with Gasteiger partial charge in [-0.15, -0.1) is 0 Å². The number of nitriles is 1. The van der Waals surface area contributed by atoms with Crippen LogP contribution in [0.25, 0.3) is 0 Å². The van der Waals surface area contributed by atoms with Gasteiger partial charge in [-0.1, -0.05) is 24.3 Å². The molecule has 0 saturated heterocycles. The van der Waals surface area contributed by atoms with Crippen molar-refractivity contribution >= 4 is 21.7 Å². The lowest BCUT2D eigenvalue weighted by atomic mass is 10.1.